The van der Waals surface area contributed by atoms with Crippen LogP contribution in [0.15, 0.2) is 63.7 Å². The predicted molar refractivity (Wildman–Crippen MR) is 123 cm³/mol. The summed E-state index contributed by atoms with van der Waals surface area (Å²) >= 11 is 4.43. The van der Waals surface area contributed by atoms with Gasteiger partial charge in [0.05, 0.1) is 5.39 Å². The summed E-state index contributed by atoms with van der Waals surface area (Å²) in [7, 11) is 0. The van der Waals surface area contributed by atoms with Crippen LogP contribution < -0.4 is 11.0 Å². The highest BCUT2D eigenvalue weighted by molar-refractivity contribution is 7.19. The predicted octanol–water partition coefficient (Wildman–Crippen LogP) is 5.00. The molecule has 0 saturated carbocycles. The fourth-order valence-corrected chi connectivity index (χ4v) is 5.71. The molecule has 0 aliphatic heterocycles. The van der Waals surface area contributed by atoms with Gasteiger partial charge in [0.15, 0.2) is 0 Å². The molecule has 0 spiro atoms. The van der Waals surface area contributed by atoms with Crippen molar-refractivity contribution in [1.29, 1.82) is 0 Å². The van der Waals surface area contributed by atoms with Crippen molar-refractivity contribution in [2.75, 3.05) is 5.43 Å². The normalized spacial score (nSPS) is 11.1. The lowest BCUT2D eigenvalue weighted by Crippen LogP contribution is -2.33. The van der Waals surface area contributed by atoms with E-state index in [4.69, 9.17) is 0 Å². The lowest BCUT2D eigenvalue weighted by molar-refractivity contribution is 0.100. The molecule has 0 saturated heterocycles. The van der Waals surface area contributed by atoms with Gasteiger partial charge in [-0.25, -0.2) is 14.6 Å². The van der Waals surface area contributed by atoms with Crippen LogP contribution in [0.4, 0.5) is 0 Å². The Bertz CT molecular complexity index is 1420. The molecule has 0 aliphatic rings. The number of carbonyl (C=O) groups is 1. The van der Waals surface area contributed by atoms with E-state index in [-0.39, 0.29) is 11.3 Å². The van der Waals surface area contributed by atoms with E-state index in [2.05, 4.69) is 15.4 Å². The Labute approximate surface area is 183 Å². The third kappa shape index (κ3) is 3.26. The van der Waals surface area contributed by atoms with E-state index in [1.807, 2.05) is 54.1 Å². The van der Waals surface area contributed by atoms with Gasteiger partial charge in [0.25, 0.3) is 11.5 Å². The quantitative estimate of drug-likeness (QED) is 0.418. The van der Waals surface area contributed by atoms with Crippen molar-refractivity contribution in [3.8, 4) is 21.7 Å². The van der Waals surface area contributed by atoms with E-state index < -0.39 is 5.91 Å². The van der Waals surface area contributed by atoms with Gasteiger partial charge >= 0.3 is 0 Å². The SMILES string of the molecule is Cc1sc2ncn(NC(=O)c3csc(-c4ccsc4)n3)c(=O)c2c1-c1ccccc1. The molecule has 0 fully saturated rings. The van der Waals surface area contributed by atoms with Gasteiger partial charge in [-0.1, -0.05) is 30.3 Å². The maximum absolute atomic E-state index is 13.2. The molecule has 5 aromatic rings. The summed E-state index contributed by atoms with van der Waals surface area (Å²) in [5.74, 6) is -0.454. The summed E-state index contributed by atoms with van der Waals surface area (Å²) in [5, 5.41) is 6.89. The second-order valence-electron chi connectivity index (χ2n) is 6.49. The zero-order chi connectivity index (χ0) is 20.7. The number of fused-ring (bicyclic) bond motifs is 1. The number of thiazole rings is 1. The van der Waals surface area contributed by atoms with Crippen LogP contribution in [0.5, 0.6) is 0 Å². The van der Waals surface area contributed by atoms with Gasteiger partial charge in [-0.05, 0) is 23.9 Å². The minimum atomic E-state index is -0.454. The van der Waals surface area contributed by atoms with Crippen LogP contribution in [0.1, 0.15) is 15.4 Å². The molecule has 0 aliphatic carbocycles. The number of rotatable bonds is 4. The standard InChI is InChI=1S/C21H14N4O2S3/c1-12-16(13-5-3-2-4-6-13)17-20(30-12)22-11-25(21(17)27)24-18(26)15-10-29-19(23-15)14-7-8-28-9-14/h2-11H,1H3,(H,24,26). The van der Waals surface area contributed by atoms with Crippen LogP contribution in [-0.2, 0) is 0 Å². The molecular formula is C21H14N4O2S3. The van der Waals surface area contributed by atoms with Crippen LogP contribution in [0.25, 0.3) is 31.9 Å². The van der Waals surface area contributed by atoms with Crippen molar-refractivity contribution in [3.63, 3.8) is 0 Å². The molecule has 6 nitrogen and oxygen atoms in total. The number of amides is 1. The first-order valence-electron chi connectivity index (χ1n) is 8.97. The minimum Gasteiger partial charge on any atom is -0.267 e. The Morgan fingerprint density at radius 2 is 1.93 bits per heavy atom. The van der Waals surface area contributed by atoms with Crippen LogP contribution >= 0.6 is 34.0 Å². The number of nitrogens with one attached hydrogen (secondary N) is 1. The van der Waals surface area contributed by atoms with Crippen LogP contribution in [-0.4, -0.2) is 20.6 Å². The zero-order valence-corrected chi connectivity index (χ0v) is 18.1. The summed E-state index contributed by atoms with van der Waals surface area (Å²) < 4.78 is 1.13. The van der Waals surface area contributed by atoms with Crippen LogP contribution in [0, 0.1) is 6.92 Å². The number of hydrogen-bond acceptors (Lipinski definition) is 7. The molecule has 1 amide bonds. The number of nitrogens with zero attached hydrogens (tertiary/aromatic N) is 3. The number of thiophene rings is 2. The lowest BCUT2D eigenvalue weighted by atomic mass is 10.0. The molecule has 0 radical (unpaired) electrons. The van der Waals surface area contributed by atoms with Gasteiger partial charge in [0, 0.05) is 26.8 Å². The van der Waals surface area contributed by atoms with E-state index in [0.717, 1.165) is 31.3 Å². The largest absolute Gasteiger partial charge is 0.289 e. The number of hydrogen-bond donors (Lipinski definition) is 1. The topological polar surface area (TPSA) is 76.9 Å². The molecule has 148 valence electrons. The van der Waals surface area contributed by atoms with E-state index in [0.29, 0.717) is 10.2 Å². The van der Waals surface area contributed by atoms with Gasteiger partial charge in [0.2, 0.25) is 0 Å². The molecule has 30 heavy (non-hydrogen) atoms. The highest BCUT2D eigenvalue weighted by atomic mass is 32.1. The van der Waals surface area contributed by atoms with Gasteiger partial charge in [-0.15, -0.1) is 22.7 Å². The van der Waals surface area contributed by atoms with E-state index in [1.165, 1.54) is 29.0 Å². The van der Waals surface area contributed by atoms with E-state index in [1.54, 1.807) is 16.7 Å². The maximum Gasteiger partial charge on any atom is 0.289 e. The third-order valence-electron chi connectivity index (χ3n) is 4.58. The monoisotopic (exact) mass is 450 g/mol. The second kappa shape index (κ2) is 7.60. The number of carbonyl (C=O) groups excluding carboxylic acids is 1. The van der Waals surface area contributed by atoms with Gasteiger partial charge in [0.1, 0.15) is 21.9 Å². The molecule has 4 aromatic heterocycles. The smallest absolute Gasteiger partial charge is 0.267 e. The molecule has 4 heterocycles. The van der Waals surface area contributed by atoms with Gasteiger partial charge < -0.3 is 0 Å². The summed E-state index contributed by atoms with van der Waals surface area (Å²) in [6, 6.07) is 11.7. The van der Waals surface area contributed by atoms with Gasteiger partial charge in [-0.3, -0.25) is 15.0 Å². The Kier molecular flexibility index (Phi) is 4.78. The summed E-state index contributed by atoms with van der Waals surface area (Å²) in [5.41, 5.74) is 5.34. The number of aryl methyl sites for hydroxylation is 1. The number of aromatic nitrogens is 3. The summed E-state index contributed by atoms with van der Waals surface area (Å²) in [4.78, 5) is 36.3. The highest BCUT2D eigenvalue weighted by Gasteiger charge is 2.19. The van der Waals surface area contributed by atoms with Crippen LogP contribution in [0.2, 0.25) is 0 Å². The van der Waals surface area contributed by atoms with E-state index in [9.17, 15) is 9.59 Å². The van der Waals surface area contributed by atoms with Crippen LogP contribution in [0.3, 0.4) is 0 Å². The summed E-state index contributed by atoms with van der Waals surface area (Å²) in [6.07, 6.45) is 1.35. The van der Waals surface area contributed by atoms with Crippen molar-refractivity contribution >= 4 is 50.1 Å². The minimum absolute atomic E-state index is 0.262. The summed E-state index contributed by atoms with van der Waals surface area (Å²) in [6.45, 7) is 1.97. The average molecular weight is 451 g/mol. The first-order valence-corrected chi connectivity index (χ1v) is 11.6. The average Bonchev–Trinajstić information content (AvgIpc) is 3.50. The third-order valence-corrected chi connectivity index (χ3v) is 7.17. The molecule has 1 aromatic carbocycles. The number of benzene rings is 1. The fraction of sp³-hybridized carbons (Fsp3) is 0.0476. The zero-order valence-electron chi connectivity index (χ0n) is 15.7. The molecule has 9 heteroatoms. The molecule has 5 rings (SSSR count). The first-order chi connectivity index (χ1) is 14.6. The van der Waals surface area contributed by atoms with E-state index >= 15 is 0 Å². The maximum atomic E-state index is 13.2. The van der Waals surface area contributed by atoms with Crippen molar-refractivity contribution in [2.24, 2.45) is 0 Å². The fourth-order valence-electron chi connectivity index (χ4n) is 3.20. The van der Waals surface area contributed by atoms with Gasteiger partial charge in [-0.2, -0.15) is 11.3 Å². The lowest BCUT2D eigenvalue weighted by Gasteiger charge is -2.07. The second-order valence-corrected chi connectivity index (χ2v) is 9.33. The first kappa shape index (κ1) is 18.9. The Morgan fingerprint density at radius 3 is 2.70 bits per heavy atom. The van der Waals surface area contributed by atoms with Crippen molar-refractivity contribution in [3.05, 3.63) is 79.8 Å². The Morgan fingerprint density at radius 1 is 1.10 bits per heavy atom. The Hall–Kier alpha value is -3.14. The molecule has 0 unspecified atom stereocenters. The highest BCUT2D eigenvalue weighted by Crippen LogP contribution is 2.35. The van der Waals surface area contributed by atoms with Crippen molar-refractivity contribution in [1.82, 2.24) is 14.6 Å². The molecular weight excluding hydrogens is 436 g/mol. The van der Waals surface area contributed by atoms with Crippen molar-refractivity contribution in [2.45, 2.75) is 6.92 Å². The Balaban J connectivity index is 1.52. The molecule has 0 bridgehead atoms. The van der Waals surface area contributed by atoms with Crippen molar-refractivity contribution < 1.29 is 4.79 Å². The molecule has 0 atom stereocenters. The molecule has 1 N–H and O–H groups in total.